The Morgan fingerprint density at radius 3 is 2.71 bits per heavy atom. The molecule has 0 unspecified atom stereocenters. The number of hydrazine groups is 1. The Labute approximate surface area is 82.4 Å². The van der Waals surface area contributed by atoms with Gasteiger partial charge in [0.05, 0.1) is 0 Å². The third kappa shape index (κ3) is 1.95. The molecule has 1 rings (SSSR count). The van der Waals surface area contributed by atoms with Crippen LogP contribution in [0.5, 0.6) is 0 Å². The van der Waals surface area contributed by atoms with Crippen molar-refractivity contribution in [1.29, 1.82) is 0 Å². The lowest BCUT2D eigenvalue weighted by molar-refractivity contribution is -0.136. The molecule has 0 aromatic rings. The van der Waals surface area contributed by atoms with Crippen LogP contribution in [0.15, 0.2) is 0 Å². The number of carboxylic acid groups (broad SMARTS) is 1. The van der Waals surface area contributed by atoms with Crippen molar-refractivity contribution in [2.45, 2.75) is 18.9 Å². The van der Waals surface area contributed by atoms with Crippen molar-refractivity contribution in [2.75, 3.05) is 20.6 Å². The van der Waals surface area contributed by atoms with E-state index in [2.05, 4.69) is 5.43 Å². The first-order chi connectivity index (χ1) is 6.57. The zero-order valence-electron chi connectivity index (χ0n) is 8.36. The van der Waals surface area contributed by atoms with Crippen LogP contribution in [0.4, 0.5) is 4.79 Å². The molecular weight excluding hydrogens is 186 g/mol. The molecule has 1 fully saturated rings. The Hall–Kier alpha value is -1.30. The summed E-state index contributed by atoms with van der Waals surface area (Å²) < 4.78 is 0. The highest BCUT2D eigenvalue weighted by Crippen LogP contribution is 2.18. The molecule has 0 aromatic heterocycles. The zero-order valence-corrected chi connectivity index (χ0v) is 8.36. The fourth-order valence-electron chi connectivity index (χ4n) is 1.59. The number of carbonyl (C=O) groups excluding carboxylic acids is 1. The number of likely N-dealkylation sites (N-methyl/N-ethyl adjacent to an activating group) is 1. The highest BCUT2D eigenvalue weighted by Gasteiger charge is 2.35. The monoisotopic (exact) mass is 201 g/mol. The molecule has 14 heavy (non-hydrogen) atoms. The lowest BCUT2D eigenvalue weighted by Crippen LogP contribution is -2.49. The summed E-state index contributed by atoms with van der Waals surface area (Å²) in [4.78, 5) is 23.6. The van der Waals surface area contributed by atoms with Crippen molar-refractivity contribution >= 4 is 12.0 Å². The van der Waals surface area contributed by atoms with Gasteiger partial charge < -0.3 is 5.11 Å². The van der Waals surface area contributed by atoms with Crippen LogP contribution in [0, 0.1) is 0 Å². The average Bonchev–Trinajstić information content (AvgIpc) is 2.63. The van der Waals surface area contributed by atoms with Gasteiger partial charge >= 0.3 is 6.09 Å². The molecule has 1 atom stereocenters. The van der Waals surface area contributed by atoms with Gasteiger partial charge in [-0.3, -0.25) is 14.7 Å². The molecule has 80 valence electrons. The summed E-state index contributed by atoms with van der Waals surface area (Å²) in [5.41, 5.74) is 2.67. The summed E-state index contributed by atoms with van der Waals surface area (Å²) >= 11 is 0. The molecule has 2 N–H and O–H groups in total. The van der Waals surface area contributed by atoms with E-state index in [1.807, 2.05) is 0 Å². The summed E-state index contributed by atoms with van der Waals surface area (Å²) in [6.45, 7) is 0.448. The van der Waals surface area contributed by atoms with Gasteiger partial charge in [-0.05, 0) is 12.8 Å². The third-order valence-corrected chi connectivity index (χ3v) is 2.45. The van der Waals surface area contributed by atoms with Crippen molar-refractivity contribution in [1.82, 2.24) is 15.3 Å². The van der Waals surface area contributed by atoms with Crippen LogP contribution >= 0.6 is 0 Å². The van der Waals surface area contributed by atoms with Gasteiger partial charge in [-0.25, -0.2) is 10.2 Å². The molecule has 0 bridgehead atoms. The van der Waals surface area contributed by atoms with Crippen LogP contribution in [-0.4, -0.2) is 53.7 Å². The standard InChI is InChI=1S/C8H15N3O3/c1-9-10(2)7(12)6-4-3-5-11(6)8(13)14/h6,9H,3-5H2,1-2H3,(H,13,14)/t6-/m0/s1. The first kappa shape index (κ1) is 10.8. The van der Waals surface area contributed by atoms with E-state index in [4.69, 9.17) is 5.11 Å². The van der Waals surface area contributed by atoms with Crippen LogP contribution in [0.3, 0.4) is 0 Å². The SMILES string of the molecule is CNN(C)C(=O)[C@@H]1CCCN1C(=O)O. The maximum Gasteiger partial charge on any atom is 0.407 e. The van der Waals surface area contributed by atoms with E-state index >= 15 is 0 Å². The molecule has 1 aliphatic heterocycles. The fraction of sp³-hybridized carbons (Fsp3) is 0.750. The van der Waals surface area contributed by atoms with E-state index in [0.717, 1.165) is 6.42 Å². The molecule has 1 aliphatic rings. The van der Waals surface area contributed by atoms with Crippen LogP contribution in [0.2, 0.25) is 0 Å². The first-order valence-electron chi connectivity index (χ1n) is 4.52. The van der Waals surface area contributed by atoms with Gasteiger partial charge in [0.25, 0.3) is 5.91 Å². The predicted molar refractivity (Wildman–Crippen MR) is 49.6 cm³/mol. The normalized spacial score (nSPS) is 21.0. The Morgan fingerprint density at radius 2 is 2.21 bits per heavy atom. The average molecular weight is 201 g/mol. The van der Waals surface area contributed by atoms with Crippen molar-refractivity contribution in [3.63, 3.8) is 0 Å². The van der Waals surface area contributed by atoms with Gasteiger partial charge in [0, 0.05) is 20.6 Å². The molecule has 6 heteroatoms. The zero-order chi connectivity index (χ0) is 10.7. The van der Waals surface area contributed by atoms with Crippen LogP contribution in [0.25, 0.3) is 0 Å². The van der Waals surface area contributed by atoms with Gasteiger partial charge in [0.15, 0.2) is 0 Å². The van der Waals surface area contributed by atoms with E-state index in [1.165, 1.54) is 9.91 Å². The van der Waals surface area contributed by atoms with Gasteiger partial charge in [-0.1, -0.05) is 0 Å². The second kappa shape index (κ2) is 4.28. The fourth-order valence-corrected chi connectivity index (χ4v) is 1.59. The number of hydrogen-bond acceptors (Lipinski definition) is 3. The van der Waals surface area contributed by atoms with Crippen molar-refractivity contribution in [3.8, 4) is 0 Å². The van der Waals surface area contributed by atoms with Crippen LogP contribution < -0.4 is 5.43 Å². The minimum Gasteiger partial charge on any atom is -0.465 e. The second-order valence-electron chi connectivity index (χ2n) is 3.25. The van der Waals surface area contributed by atoms with Gasteiger partial charge in [0.1, 0.15) is 6.04 Å². The van der Waals surface area contributed by atoms with Crippen molar-refractivity contribution in [3.05, 3.63) is 0 Å². The maximum atomic E-state index is 11.6. The summed E-state index contributed by atoms with van der Waals surface area (Å²) in [5, 5.41) is 10.1. The molecule has 0 radical (unpaired) electrons. The summed E-state index contributed by atoms with van der Waals surface area (Å²) in [6, 6.07) is -0.523. The van der Waals surface area contributed by atoms with Gasteiger partial charge in [-0.15, -0.1) is 0 Å². The highest BCUT2D eigenvalue weighted by molar-refractivity contribution is 5.85. The molecule has 1 saturated heterocycles. The van der Waals surface area contributed by atoms with E-state index < -0.39 is 12.1 Å². The lowest BCUT2D eigenvalue weighted by Gasteiger charge is -2.25. The third-order valence-electron chi connectivity index (χ3n) is 2.45. The number of carbonyl (C=O) groups is 2. The number of nitrogens with one attached hydrogen (secondary N) is 1. The number of likely N-dealkylation sites (tertiary alicyclic amines) is 1. The van der Waals surface area contributed by atoms with Crippen LogP contribution in [0.1, 0.15) is 12.8 Å². The van der Waals surface area contributed by atoms with Gasteiger partial charge in [0.2, 0.25) is 0 Å². The summed E-state index contributed by atoms with van der Waals surface area (Å²) in [5.74, 6) is -0.201. The molecule has 0 aliphatic carbocycles. The Balaban J connectivity index is 2.67. The number of rotatable bonds is 2. The first-order valence-corrected chi connectivity index (χ1v) is 4.52. The summed E-state index contributed by atoms with van der Waals surface area (Å²) in [6.07, 6.45) is 0.336. The molecule has 0 spiro atoms. The minimum atomic E-state index is -1.02. The highest BCUT2D eigenvalue weighted by atomic mass is 16.4. The van der Waals surface area contributed by atoms with E-state index in [-0.39, 0.29) is 5.91 Å². The minimum absolute atomic E-state index is 0.201. The molecular formula is C8H15N3O3. The van der Waals surface area contributed by atoms with Crippen LogP contribution in [-0.2, 0) is 4.79 Å². The Kier molecular flexibility index (Phi) is 3.29. The number of amides is 2. The van der Waals surface area contributed by atoms with Crippen molar-refractivity contribution < 1.29 is 14.7 Å². The maximum absolute atomic E-state index is 11.6. The van der Waals surface area contributed by atoms with E-state index in [1.54, 1.807) is 14.1 Å². The van der Waals surface area contributed by atoms with Crippen molar-refractivity contribution in [2.24, 2.45) is 0 Å². The number of nitrogens with zero attached hydrogens (tertiary/aromatic N) is 2. The second-order valence-corrected chi connectivity index (χ2v) is 3.25. The number of hydrogen-bond donors (Lipinski definition) is 2. The quantitative estimate of drug-likeness (QED) is 0.603. The topological polar surface area (TPSA) is 72.9 Å². The van der Waals surface area contributed by atoms with E-state index in [9.17, 15) is 9.59 Å². The molecule has 0 saturated carbocycles. The molecule has 2 amide bonds. The predicted octanol–water partition coefficient (Wildman–Crippen LogP) is -0.278. The molecule has 6 nitrogen and oxygen atoms in total. The van der Waals surface area contributed by atoms with E-state index in [0.29, 0.717) is 13.0 Å². The van der Waals surface area contributed by atoms with Gasteiger partial charge in [-0.2, -0.15) is 0 Å². The largest absolute Gasteiger partial charge is 0.465 e. The molecule has 0 aromatic carbocycles. The smallest absolute Gasteiger partial charge is 0.407 e. The Bertz CT molecular complexity index is 244. The Morgan fingerprint density at radius 1 is 1.57 bits per heavy atom. The lowest BCUT2D eigenvalue weighted by atomic mass is 10.2. The molecule has 1 heterocycles. The summed E-state index contributed by atoms with van der Waals surface area (Å²) in [7, 11) is 3.21.